The van der Waals surface area contributed by atoms with Crippen LogP contribution in [0.2, 0.25) is 15.1 Å². The van der Waals surface area contributed by atoms with Crippen molar-refractivity contribution in [3.63, 3.8) is 0 Å². The van der Waals surface area contributed by atoms with Crippen LogP contribution in [0.1, 0.15) is 0 Å². The van der Waals surface area contributed by atoms with Gasteiger partial charge in [0.15, 0.2) is 0 Å². The molecule has 2 rings (SSSR count). The molecule has 2 N–H and O–H groups in total. The topological polar surface area (TPSA) is 74.6 Å². The van der Waals surface area contributed by atoms with Gasteiger partial charge in [-0.3, -0.25) is 10.1 Å². The Hall–Kier alpha value is -1.33. The molecule has 0 heterocycles. The first kappa shape index (κ1) is 15.7. The van der Waals surface area contributed by atoms with Crippen molar-refractivity contribution in [1.82, 2.24) is 0 Å². The average Bonchev–Trinajstić information content (AvgIpc) is 2.28. The highest BCUT2D eigenvalue weighted by Crippen LogP contribution is 2.37. The van der Waals surface area contributed by atoms with Crippen molar-refractivity contribution in [2.75, 3.05) is 0 Å². The molecule has 0 unspecified atom stereocenters. The Bertz CT molecular complexity index is 591. The third-order valence-corrected chi connectivity index (χ3v) is 3.19. The number of non-ortho nitro benzene ring substituents is 1. The lowest BCUT2D eigenvalue weighted by Gasteiger charge is -2.07. The summed E-state index contributed by atoms with van der Waals surface area (Å²) in [5.41, 5.74) is 1.32. The summed E-state index contributed by atoms with van der Waals surface area (Å²) in [4.78, 5) is 10.1. The van der Waals surface area contributed by atoms with Crippen molar-refractivity contribution < 1.29 is 10.4 Å². The summed E-state index contributed by atoms with van der Waals surface area (Å²) in [7, 11) is 0. The molecular weight excluding hydrogens is 312 g/mol. The second kappa shape index (κ2) is 6.21. The zero-order valence-corrected chi connectivity index (χ0v) is 11.6. The number of rotatable bonds is 2. The smallest absolute Gasteiger partial charge is 0.269 e. The molecule has 0 saturated heterocycles. The van der Waals surface area contributed by atoms with E-state index < -0.39 is 4.92 Å². The Morgan fingerprint density at radius 2 is 1.42 bits per heavy atom. The van der Waals surface area contributed by atoms with E-state index in [9.17, 15) is 10.1 Å². The molecule has 0 radical (unpaired) electrons. The SMILES string of the molecule is O.O=[N+]([O-])c1ccc(-c2c(Cl)cc(Cl)cc2Cl)cc1. The van der Waals surface area contributed by atoms with Gasteiger partial charge in [-0.15, -0.1) is 0 Å². The van der Waals surface area contributed by atoms with Gasteiger partial charge in [0.1, 0.15) is 0 Å². The van der Waals surface area contributed by atoms with Gasteiger partial charge in [0.05, 0.1) is 15.0 Å². The zero-order valence-electron chi connectivity index (χ0n) is 9.36. The Balaban J connectivity index is 0.00000180. The van der Waals surface area contributed by atoms with E-state index >= 15 is 0 Å². The Kier molecular flexibility index (Phi) is 5.14. The molecule has 2 aromatic rings. The van der Waals surface area contributed by atoms with E-state index in [4.69, 9.17) is 34.8 Å². The summed E-state index contributed by atoms with van der Waals surface area (Å²) in [6.45, 7) is 0. The van der Waals surface area contributed by atoms with Crippen LogP contribution in [0.3, 0.4) is 0 Å². The summed E-state index contributed by atoms with van der Waals surface area (Å²) >= 11 is 18.0. The van der Waals surface area contributed by atoms with Crippen molar-refractivity contribution in [2.24, 2.45) is 0 Å². The maximum Gasteiger partial charge on any atom is 0.269 e. The molecule has 19 heavy (non-hydrogen) atoms. The number of halogens is 3. The summed E-state index contributed by atoms with van der Waals surface area (Å²) in [6.07, 6.45) is 0. The first-order valence-corrected chi connectivity index (χ1v) is 6.02. The third kappa shape index (κ3) is 3.36. The van der Waals surface area contributed by atoms with Crippen LogP contribution in [-0.2, 0) is 0 Å². The summed E-state index contributed by atoms with van der Waals surface area (Å²) in [5, 5.41) is 11.8. The fraction of sp³-hybridized carbons (Fsp3) is 0. The molecule has 0 aliphatic heterocycles. The normalized spacial score (nSPS) is 9.84. The van der Waals surface area contributed by atoms with Gasteiger partial charge in [0.25, 0.3) is 5.69 Å². The van der Waals surface area contributed by atoms with Crippen LogP contribution in [0.5, 0.6) is 0 Å². The van der Waals surface area contributed by atoms with Crippen molar-refractivity contribution in [1.29, 1.82) is 0 Å². The van der Waals surface area contributed by atoms with Gasteiger partial charge in [-0.25, -0.2) is 0 Å². The molecule has 0 aliphatic carbocycles. The number of hydrogen-bond donors (Lipinski definition) is 0. The van der Waals surface area contributed by atoms with Crippen molar-refractivity contribution in [3.8, 4) is 11.1 Å². The van der Waals surface area contributed by atoms with Gasteiger partial charge in [-0.05, 0) is 29.8 Å². The fourth-order valence-corrected chi connectivity index (χ4v) is 2.60. The quantitative estimate of drug-likeness (QED) is 0.607. The molecule has 0 spiro atoms. The predicted octanol–water partition coefficient (Wildman–Crippen LogP) is 4.40. The summed E-state index contributed by atoms with van der Waals surface area (Å²) < 4.78 is 0. The minimum absolute atomic E-state index is 0. The van der Waals surface area contributed by atoms with Gasteiger partial charge >= 0.3 is 0 Å². The van der Waals surface area contributed by atoms with E-state index in [1.165, 1.54) is 12.1 Å². The molecule has 0 bridgehead atoms. The molecule has 0 aliphatic rings. The lowest BCUT2D eigenvalue weighted by atomic mass is 10.1. The largest absolute Gasteiger partial charge is 0.412 e. The number of nitro groups is 1. The fourth-order valence-electron chi connectivity index (χ4n) is 1.57. The zero-order chi connectivity index (χ0) is 13.3. The van der Waals surface area contributed by atoms with E-state index in [0.717, 1.165) is 0 Å². The monoisotopic (exact) mass is 319 g/mol. The van der Waals surface area contributed by atoms with Crippen LogP contribution in [0.15, 0.2) is 36.4 Å². The Morgan fingerprint density at radius 3 is 1.84 bits per heavy atom. The highest BCUT2D eigenvalue weighted by atomic mass is 35.5. The lowest BCUT2D eigenvalue weighted by molar-refractivity contribution is -0.384. The van der Waals surface area contributed by atoms with E-state index in [-0.39, 0.29) is 11.2 Å². The highest BCUT2D eigenvalue weighted by Gasteiger charge is 2.12. The number of benzene rings is 2. The third-order valence-electron chi connectivity index (χ3n) is 2.37. The second-order valence-electron chi connectivity index (χ2n) is 3.55. The van der Waals surface area contributed by atoms with E-state index in [1.807, 2.05) is 0 Å². The van der Waals surface area contributed by atoms with Gasteiger partial charge in [0, 0.05) is 22.7 Å². The first-order valence-electron chi connectivity index (χ1n) is 4.88. The van der Waals surface area contributed by atoms with Crippen LogP contribution in [-0.4, -0.2) is 10.4 Å². The molecular formula is C12H8Cl3NO3. The second-order valence-corrected chi connectivity index (χ2v) is 4.80. The van der Waals surface area contributed by atoms with Gasteiger partial charge in [-0.1, -0.05) is 34.8 Å². The number of nitro benzene ring substituents is 1. The van der Waals surface area contributed by atoms with Gasteiger partial charge < -0.3 is 5.48 Å². The summed E-state index contributed by atoms with van der Waals surface area (Å²) in [6, 6.07) is 9.14. The number of nitrogens with zero attached hydrogens (tertiary/aromatic N) is 1. The van der Waals surface area contributed by atoms with Crippen LogP contribution in [0.25, 0.3) is 11.1 Å². The molecule has 4 nitrogen and oxygen atoms in total. The maximum absolute atomic E-state index is 10.6. The molecule has 2 aromatic carbocycles. The van der Waals surface area contributed by atoms with Crippen LogP contribution >= 0.6 is 34.8 Å². The van der Waals surface area contributed by atoms with Crippen molar-refractivity contribution in [3.05, 3.63) is 61.6 Å². The molecule has 0 saturated carbocycles. The molecule has 0 atom stereocenters. The molecule has 100 valence electrons. The Labute approximate surface area is 124 Å². The lowest BCUT2D eigenvalue weighted by Crippen LogP contribution is -1.88. The van der Waals surface area contributed by atoms with Gasteiger partial charge in [-0.2, -0.15) is 0 Å². The van der Waals surface area contributed by atoms with Crippen LogP contribution < -0.4 is 0 Å². The van der Waals surface area contributed by atoms with Crippen molar-refractivity contribution >= 4 is 40.5 Å². The van der Waals surface area contributed by atoms with E-state index in [0.29, 0.717) is 26.2 Å². The number of hydrogen-bond acceptors (Lipinski definition) is 2. The van der Waals surface area contributed by atoms with Crippen molar-refractivity contribution in [2.45, 2.75) is 0 Å². The first-order chi connectivity index (χ1) is 8.49. The van der Waals surface area contributed by atoms with Crippen LogP contribution in [0, 0.1) is 10.1 Å². The molecule has 0 amide bonds. The molecule has 7 heteroatoms. The minimum Gasteiger partial charge on any atom is -0.412 e. The van der Waals surface area contributed by atoms with Crippen LogP contribution in [0.4, 0.5) is 5.69 Å². The minimum atomic E-state index is -0.463. The van der Waals surface area contributed by atoms with E-state index in [1.54, 1.807) is 24.3 Å². The van der Waals surface area contributed by atoms with Gasteiger partial charge in [0.2, 0.25) is 0 Å². The summed E-state index contributed by atoms with van der Waals surface area (Å²) in [5.74, 6) is 0. The predicted molar refractivity (Wildman–Crippen MR) is 77.2 cm³/mol. The maximum atomic E-state index is 10.6. The standard InChI is InChI=1S/C12H6Cl3NO2.H2O/c13-8-5-10(14)12(11(15)6-8)7-1-3-9(4-2-7)16(17)18;/h1-6H;1H2. The Morgan fingerprint density at radius 1 is 0.947 bits per heavy atom. The molecule has 0 aromatic heterocycles. The average molecular weight is 321 g/mol. The van der Waals surface area contributed by atoms with E-state index in [2.05, 4.69) is 0 Å². The molecule has 0 fully saturated rings. The highest BCUT2D eigenvalue weighted by molar-refractivity contribution is 6.41.